The third kappa shape index (κ3) is 3.13. The van der Waals surface area contributed by atoms with Crippen molar-refractivity contribution in [1.82, 2.24) is 0 Å². The Kier molecular flexibility index (Phi) is 5.03. The summed E-state index contributed by atoms with van der Waals surface area (Å²) in [6, 6.07) is 0. The van der Waals surface area contributed by atoms with Crippen LogP contribution in [-0.2, 0) is 19.0 Å². The molecule has 1 fully saturated rings. The molecule has 0 aromatic carbocycles. The molecule has 1 saturated heterocycles. The number of ketones is 1. The Bertz CT molecular complexity index is 669. The van der Waals surface area contributed by atoms with Crippen LogP contribution < -0.4 is 0 Å². The van der Waals surface area contributed by atoms with Gasteiger partial charge in [0.05, 0.1) is 6.26 Å². The highest BCUT2D eigenvalue weighted by molar-refractivity contribution is 6.01. The third-order valence-corrected chi connectivity index (χ3v) is 5.55. The van der Waals surface area contributed by atoms with Gasteiger partial charge in [-0.3, -0.25) is 4.79 Å². The summed E-state index contributed by atoms with van der Waals surface area (Å²) in [5, 5.41) is 0. The first-order valence-electron chi connectivity index (χ1n) is 9.21. The lowest BCUT2D eigenvalue weighted by Crippen LogP contribution is -2.45. The first-order chi connectivity index (χ1) is 12.0. The number of fused-ring (bicyclic) bond motifs is 3. The molecular formula is C21H28O4. The molecule has 4 heteroatoms. The van der Waals surface area contributed by atoms with Gasteiger partial charge in [-0.25, -0.2) is 0 Å². The molecule has 0 spiro atoms. The Morgan fingerprint density at radius 2 is 2.16 bits per heavy atom. The van der Waals surface area contributed by atoms with Crippen LogP contribution >= 0.6 is 0 Å². The summed E-state index contributed by atoms with van der Waals surface area (Å²) < 4.78 is 17.9. The summed E-state index contributed by atoms with van der Waals surface area (Å²) in [4.78, 5) is 12.9. The van der Waals surface area contributed by atoms with Gasteiger partial charge < -0.3 is 14.2 Å². The molecule has 0 aromatic heterocycles. The van der Waals surface area contributed by atoms with Crippen molar-refractivity contribution in [3.63, 3.8) is 0 Å². The minimum atomic E-state index is -0.882. The zero-order chi connectivity index (χ0) is 18.1. The molecule has 4 nitrogen and oxygen atoms in total. The number of rotatable bonds is 6. The van der Waals surface area contributed by atoms with Crippen molar-refractivity contribution in [2.75, 3.05) is 7.11 Å². The third-order valence-electron chi connectivity index (χ3n) is 5.55. The van der Waals surface area contributed by atoms with E-state index in [1.165, 1.54) is 0 Å². The van der Waals surface area contributed by atoms with E-state index in [0.29, 0.717) is 6.42 Å². The van der Waals surface area contributed by atoms with Gasteiger partial charge in [-0.2, -0.15) is 0 Å². The number of carbonyl (C=O) groups is 1. The summed E-state index contributed by atoms with van der Waals surface area (Å²) in [5.41, 5.74) is 1.08. The van der Waals surface area contributed by atoms with E-state index in [0.717, 1.165) is 42.6 Å². The Labute approximate surface area is 150 Å². The van der Waals surface area contributed by atoms with E-state index >= 15 is 0 Å². The summed E-state index contributed by atoms with van der Waals surface area (Å²) in [7, 11) is 1.68. The van der Waals surface area contributed by atoms with Gasteiger partial charge in [-0.15, -0.1) is 0 Å². The predicted octanol–water partition coefficient (Wildman–Crippen LogP) is 4.59. The second kappa shape index (κ2) is 6.93. The van der Waals surface area contributed by atoms with Gasteiger partial charge in [0.25, 0.3) is 0 Å². The Hall–Kier alpha value is -1.65. The molecule has 3 rings (SSSR count). The molecule has 136 valence electrons. The maximum absolute atomic E-state index is 12.9. The average Bonchev–Trinajstić information content (AvgIpc) is 2.91. The van der Waals surface area contributed by atoms with Crippen LogP contribution in [0.1, 0.15) is 52.9 Å². The predicted molar refractivity (Wildman–Crippen MR) is 96.6 cm³/mol. The standard InChI is InChI=1S/C21H28O4/c1-5-7-8-10-21(23-4)13-18-17-14-24-16(9-6-2)11-15(17)12-19(22)20(18,3)25-21/h6,9,11-12,14,18H,5,7-8,10,13H2,1-4H3/b9-6+/t18-,20-,21+/m1/s1. The van der Waals surface area contributed by atoms with Crippen molar-refractivity contribution in [2.24, 2.45) is 5.92 Å². The zero-order valence-electron chi connectivity index (χ0n) is 15.6. The molecule has 0 N–H and O–H groups in total. The lowest BCUT2D eigenvalue weighted by Gasteiger charge is -2.35. The quantitative estimate of drug-likeness (QED) is 0.661. The number of unbranched alkanes of at least 4 members (excludes halogenated alkanes) is 2. The van der Waals surface area contributed by atoms with Crippen molar-refractivity contribution in [2.45, 2.75) is 64.3 Å². The number of allylic oxidation sites excluding steroid dienone is 4. The number of carbonyl (C=O) groups excluding carboxylic acids is 1. The van der Waals surface area contributed by atoms with Crippen molar-refractivity contribution < 1.29 is 19.0 Å². The molecule has 2 heterocycles. The van der Waals surface area contributed by atoms with Gasteiger partial charge in [0, 0.05) is 31.4 Å². The Morgan fingerprint density at radius 3 is 2.84 bits per heavy atom. The summed E-state index contributed by atoms with van der Waals surface area (Å²) >= 11 is 0. The molecule has 3 aliphatic rings. The number of methoxy groups -OCH3 is 1. The van der Waals surface area contributed by atoms with E-state index in [1.807, 2.05) is 32.1 Å². The van der Waals surface area contributed by atoms with E-state index in [9.17, 15) is 4.79 Å². The molecule has 0 bridgehead atoms. The lowest BCUT2D eigenvalue weighted by atomic mass is 9.72. The first kappa shape index (κ1) is 18.2. The molecular weight excluding hydrogens is 316 g/mol. The van der Waals surface area contributed by atoms with E-state index in [4.69, 9.17) is 14.2 Å². The smallest absolute Gasteiger partial charge is 0.188 e. The topological polar surface area (TPSA) is 44.8 Å². The molecule has 0 aromatic rings. The minimum absolute atomic E-state index is 0.0112. The van der Waals surface area contributed by atoms with Crippen LogP contribution in [0.3, 0.4) is 0 Å². The van der Waals surface area contributed by atoms with Crippen LogP contribution in [0.25, 0.3) is 0 Å². The highest BCUT2D eigenvalue weighted by Crippen LogP contribution is 2.53. The van der Waals surface area contributed by atoms with Crippen LogP contribution in [-0.4, -0.2) is 24.3 Å². The van der Waals surface area contributed by atoms with Crippen LogP contribution in [0.15, 0.2) is 47.5 Å². The monoisotopic (exact) mass is 344 g/mol. The first-order valence-corrected chi connectivity index (χ1v) is 9.21. The van der Waals surface area contributed by atoms with Gasteiger partial charge >= 0.3 is 0 Å². The molecule has 0 saturated carbocycles. The average molecular weight is 344 g/mol. The molecule has 0 unspecified atom stereocenters. The van der Waals surface area contributed by atoms with E-state index in [-0.39, 0.29) is 11.7 Å². The van der Waals surface area contributed by atoms with E-state index in [1.54, 1.807) is 19.4 Å². The second-order valence-corrected chi connectivity index (χ2v) is 7.24. The van der Waals surface area contributed by atoms with Crippen LogP contribution in [0, 0.1) is 5.92 Å². The highest BCUT2D eigenvalue weighted by Gasteiger charge is 2.59. The molecule has 1 aliphatic carbocycles. The largest absolute Gasteiger partial charge is 0.465 e. The number of hydrogen-bond donors (Lipinski definition) is 0. The molecule has 3 atom stereocenters. The van der Waals surface area contributed by atoms with Gasteiger partial charge in [-0.1, -0.05) is 25.8 Å². The maximum atomic E-state index is 12.9. The highest BCUT2D eigenvalue weighted by atomic mass is 16.7. The molecule has 25 heavy (non-hydrogen) atoms. The fourth-order valence-electron chi connectivity index (χ4n) is 4.07. The van der Waals surface area contributed by atoms with E-state index < -0.39 is 11.4 Å². The summed E-state index contributed by atoms with van der Waals surface area (Å²) in [5.74, 6) is 0.0117. The summed E-state index contributed by atoms with van der Waals surface area (Å²) in [6.07, 6.45) is 14.0. The minimum Gasteiger partial charge on any atom is -0.465 e. The Morgan fingerprint density at radius 1 is 1.36 bits per heavy atom. The fourth-order valence-corrected chi connectivity index (χ4v) is 4.07. The van der Waals surface area contributed by atoms with Gasteiger partial charge in [0.1, 0.15) is 11.4 Å². The number of ether oxygens (including phenoxy) is 3. The zero-order valence-corrected chi connectivity index (χ0v) is 15.6. The van der Waals surface area contributed by atoms with E-state index in [2.05, 4.69) is 6.92 Å². The molecule has 0 radical (unpaired) electrons. The van der Waals surface area contributed by atoms with Gasteiger partial charge in [0.15, 0.2) is 11.6 Å². The van der Waals surface area contributed by atoms with Crippen molar-refractivity contribution in [1.29, 1.82) is 0 Å². The lowest BCUT2D eigenvalue weighted by molar-refractivity contribution is -0.235. The normalized spacial score (nSPS) is 34.2. The summed E-state index contributed by atoms with van der Waals surface area (Å²) in [6.45, 7) is 6.00. The molecule has 0 amide bonds. The maximum Gasteiger partial charge on any atom is 0.188 e. The van der Waals surface area contributed by atoms with Crippen LogP contribution in [0.4, 0.5) is 0 Å². The fraction of sp³-hybridized carbons (Fsp3) is 0.571. The molecule has 2 aliphatic heterocycles. The second-order valence-electron chi connectivity index (χ2n) is 7.24. The van der Waals surface area contributed by atoms with Crippen LogP contribution in [0.5, 0.6) is 0 Å². The number of hydrogen-bond acceptors (Lipinski definition) is 4. The SMILES string of the molecule is C/C=C/C1=CC2=CC(=O)[C@]3(C)O[C@](CCCCC)(OC)C[C@@H]3C2=CO1. The van der Waals surface area contributed by atoms with Gasteiger partial charge in [-0.05, 0) is 44.1 Å². The van der Waals surface area contributed by atoms with Gasteiger partial charge in [0.2, 0.25) is 0 Å². The van der Waals surface area contributed by atoms with Crippen molar-refractivity contribution >= 4 is 5.78 Å². The van der Waals surface area contributed by atoms with Crippen molar-refractivity contribution in [3.8, 4) is 0 Å². The van der Waals surface area contributed by atoms with Crippen LogP contribution in [0.2, 0.25) is 0 Å². The van der Waals surface area contributed by atoms with Crippen molar-refractivity contribution in [3.05, 3.63) is 47.5 Å². The Balaban J connectivity index is 1.90.